The van der Waals surface area contributed by atoms with Gasteiger partial charge in [0.25, 0.3) is 0 Å². The summed E-state index contributed by atoms with van der Waals surface area (Å²) in [7, 11) is 0. The van der Waals surface area contributed by atoms with Crippen molar-refractivity contribution in [3.8, 4) is 11.5 Å². The minimum Gasteiger partial charge on any atom is -0.490 e. The van der Waals surface area contributed by atoms with Gasteiger partial charge in [-0.2, -0.15) is 0 Å². The maximum atomic E-state index is 9.09. The highest BCUT2D eigenvalue weighted by atomic mass is 16.5. The third kappa shape index (κ3) is 3.48. The average molecular weight is 262 g/mol. The van der Waals surface area contributed by atoms with Crippen LogP contribution in [0.25, 0.3) is 0 Å². The van der Waals surface area contributed by atoms with Crippen LogP contribution in [0, 0.1) is 0 Å². The number of imidazole rings is 1. The van der Waals surface area contributed by atoms with E-state index < -0.39 is 0 Å². The number of aromatic nitrogens is 2. The molecule has 19 heavy (non-hydrogen) atoms. The molecule has 5 heteroatoms. The lowest BCUT2D eigenvalue weighted by Crippen LogP contribution is -2.11. The van der Waals surface area contributed by atoms with Gasteiger partial charge in [-0.25, -0.2) is 4.98 Å². The number of ether oxygens (including phenoxy) is 2. The van der Waals surface area contributed by atoms with Gasteiger partial charge in [-0.15, -0.1) is 0 Å². The Bertz CT molecular complexity index is 511. The van der Waals surface area contributed by atoms with Gasteiger partial charge in [0.15, 0.2) is 11.5 Å². The number of aliphatic hydroxyl groups excluding tert-OH is 1. The molecule has 102 valence electrons. The summed E-state index contributed by atoms with van der Waals surface area (Å²) < 4.78 is 13.1. The van der Waals surface area contributed by atoms with Crippen LogP contribution in [0.5, 0.6) is 11.5 Å². The fourth-order valence-corrected chi connectivity index (χ4v) is 1.79. The second kappa shape index (κ2) is 6.80. The van der Waals surface area contributed by atoms with E-state index >= 15 is 0 Å². The second-order valence-corrected chi connectivity index (χ2v) is 3.92. The number of aliphatic hydroxyl groups is 1. The quantitative estimate of drug-likeness (QED) is 0.827. The summed E-state index contributed by atoms with van der Waals surface area (Å²) in [4.78, 5) is 4.04. The van der Waals surface area contributed by atoms with Gasteiger partial charge in [0.2, 0.25) is 0 Å². The molecule has 0 bridgehead atoms. The molecule has 0 saturated carbocycles. The largest absolute Gasteiger partial charge is 0.490 e. The number of para-hydroxylation sites is 2. The van der Waals surface area contributed by atoms with Crippen molar-refractivity contribution in [2.45, 2.75) is 20.1 Å². The fraction of sp³-hybridized carbons (Fsp3) is 0.357. The second-order valence-electron chi connectivity index (χ2n) is 3.92. The fourth-order valence-electron chi connectivity index (χ4n) is 1.79. The van der Waals surface area contributed by atoms with Crippen LogP contribution < -0.4 is 9.47 Å². The SMILES string of the molecule is CCOc1ccccc1OCCn1ccnc1CO. The van der Waals surface area contributed by atoms with E-state index in [2.05, 4.69) is 4.98 Å². The lowest BCUT2D eigenvalue weighted by Gasteiger charge is -2.12. The Kier molecular flexibility index (Phi) is 4.80. The zero-order valence-electron chi connectivity index (χ0n) is 11.0. The lowest BCUT2D eigenvalue weighted by molar-refractivity contribution is 0.247. The van der Waals surface area contributed by atoms with Crippen molar-refractivity contribution in [1.29, 1.82) is 0 Å². The molecule has 0 unspecified atom stereocenters. The molecule has 5 nitrogen and oxygen atoms in total. The van der Waals surface area contributed by atoms with Crippen LogP contribution in [0.2, 0.25) is 0 Å². The first-order chi connectivity index (χ1) is 9.35. The summed E-state index contributed by atoms with van der Waals surface area (Å²) in [5, 5.41) is 9.09. The van der Waals surface area contributed by atoms with Gasteiger partial charge < -0.3 is 19.1 Å². The van der Waals surface area contributed by atoms with Crippen LogP contribution in [-0.2, 0) is 13.2 Å². The molecule has 0 aliphatic carbocycles. The highest BCUT2D eigenvalue weighted by Gasteiger charge is 2.04. The van der Waals surface area contributed by atoms with E-state index in [-0.39, 0.29) is 6.61 Å². The van der Waals surface area contributed by atoms with Gasteiger partial charge in [-0.05, 0) is 19.1 Å². The smallest absolute Gasteiger partial charge is 0.161 e. The molecule has 0 aliphatic heterocycles. The number of rotatable bonds is 7. The van der Waals surface area contributed by atoms with E-state index in [1.165, 1.54) is 0 Å². The molecule has 2 rings (SSSR count). The standard InChI is InChI=1S/C14H18N2O3/c1-2-18-12-5-3-4-6-13(12)19-10-9-16-8-7-15-14(16)11-17/h3-8,17H,2,9-11H2,1H3. The van der Waals surface area contributed by atoms with Gasteiger partial charge in [0, 0.05) is 12.4 Å². The molecule has 0 spiro atoms. The van der Waals surface area contributed by atoms with E-state index in [1.54, 1.807) is 6.20 Å². The molecular formula is C14H18N2O3. The molecule has 0 atom stereocenters. The Hall–Kier alpha value is -2.01. The number of hydrogen-bond acceptors (Lipinski definition) is 4. The summed E-state index contributed by atoms with van der Waals surface area (Å²) >= 11 is 0. The Morgan fingerprint density at radius 3 is 2.63 bits per heavy atom. The van der Waals surface area contributed by atoms with Crippen LogP contribution in [0.15, 0.2) is 36.7 Å². The van der Waals surface area contributed by atoms with Crippen molar-refractivity contribution < 1.29 is 14.6 Å². The Balaban J connectivity index is 1.92. The zero-order valence-corrected chi connectivity index (χ0v) is 11.0. The van der Waals surface area contributed by atoms with Gasteiger partial charge in [0.1, 0.15) is 19.0 Å². The first kappa shape index (κ1) is 13.4. The molecule has 1 N–H and O–H groups in total. The normalized spacial score (nSPS) is 10.4. The monoisotopic (exact) mass is 262 g/mol. The first-order valence-corrected chi connectivity index (χ1v) is 6.30. The van der Waals surface area contributed by atoms with Crippen molar-refractivity contribution >= 4 is 0 Å². The van der Waals surface area contributed by atoms with Crippen LogP contribution in [0.3, 0.4) is 0 Å². The molecule has 1 aromatic heterocycles. The van der Waals surface area contributed by atoms with Gasteiger partial charge in [0.05, 0.1) is 13.2 Å². The van der Waals surface area contributed by atoms with Gasteiger partial charge in [-0.3, -0.25) is 0 Å². The lowest BCUT2D eigenvalue weighted by atomic mass is 10.3. The predicted octanol–water partition coefficient (Wildman–Crippen LogP) is 1.85. The van der Waals surface area contributed by atoms with Crippen LogP contribution >= 0.6 is 0 Å². The van der Waals surface area contributed by atoms with Crippen LogP contribution in [0.4, 0.5) is 0 Å². The Morgan fingerprint density at radius 1 is 1.21 bits per heavy atom. The average Bonchev–Trinajstić information content (AvgIpc) is 2.88. The van der Waals surface area contributed by atoms with E-state index in [4.69, 9.17) is 14.6 Å². The Labute approximate surface area is 112 Å². The molecule has 0 aliphatic rings. The Morgan fingerprint density at radius 2 is 1.95 bits per heavy atom. The molecule has 1 heterocycles. The van der Waals surface area contributed by atoms with E-state index in [0.717, 1.165) is 11.5 Å². The number of benzene rings is 1. The minimum absolute atomic E-state index is 0.0669. The minimum atomic E-state index is -0.0669. The molecule has 0 amide bonds. The van der Waals surface area contributed by atoms with E-state index in [1.807, 2.05) is 42.0 Å². The van der Waals surface area contributed by atoms with Gasteiger partial charge in [-0.1, -0.05) is 12.1 Å². The first-order valence-electron chi connectivity index (χ1n) is 6.30. The number of nitrogens with zero attached hydrogens (tertiary/aromatic N) is 2. The molecule has 0 fully saturated rings. The highest BCUT2D eigenvalue weighted by molar-refractivity contribution is 5.39. The third-order valence-corrected chi connectivity index (χ3v) is 2.68. The summed E-state index contributed by atoms with van der Waals surface area (Å²) in [5.41, 5.74) is 0. The van der Waals surface area contributed by atoms with Crippen molar-refractivity contribution in [3.05, 3.63) is 42.5 Å². The molecular weight excluding hydrogens is 244 g/mol. The number of hydrogen-bond donors (Lipinski definition) is 1. The van der Waals surface area contributed by atoms with Crippen molar-refractivity contribution in [1.82, 2.24) is 9.55 Å². The predicted molar refractivity (Wildman–Crippen MR) is 71.3 cm³/mol. The van der Waals surface area contributed by atoms with E-state index in [9.17, 15) is 0 Å². The summed E-state index contributed by atoms with van der Waals surface area (Å²) in [6, 6.07) is 7.59. The highest BCUT2D eigenvalue weighted by Crippen LogP contribution is 2.26. The van der Waals surface area contributed by atoms with Crippen molar-refractivity contribution in [2.24, 2.45) is 0 Å². The van der Waals surface area contributed by atoms with Crippen LogP contribution in [0.1, 0.15) is 12.7 Å². The summed E-state index contributed by atoms with van der Waals surface area (Å²) in [6.45, 7) is 3.61. The topological polar surface area (TPSA) is 56.5 Å². The maximum Gasteiger partial charge on any atom is 0.161 e. The third-order valence-electron chi connectivity index (χ3n) is 2.68. The van der Waals surface area contributed by atoms with Gasteiger partial charge >= 0.3 is 0 Å². The van der Waals surface area contributed by atoms with E-state index in [0.29, 0.717) is 25.6 Å². The molecule has 0 saturated heterocycles. The maximum absolute atomic E-state index is 9.09. The van der Waals surface area contributed by atoms with Crippen molar-refractivity contribution in [2.75, 3.05) is 13.2 Å². The van der Waals surface area contributed by atoms with Crippen LogP contribution in [-0.4, -0.2) is 27.9 Å². The summed E-state index contributed by atoms with van der Waals surface area (Å²) in [5.74, 6) is 2.12. The summed E-state index contributed by atoms with van der Waals surface area (Å²) in [6.07, 6.45) is 3.49. The molecule has 0 radical (unpaired) electrons. The zero-order chi connectivity index (χ0) is 13.5. The molecule has 1 aromatic carbocycles. The molecule has 2 aromatic rings. The van der Waals surface area contributed by atoms with Crippen molar-refractivity contribution in [3.63, 3.8) is 0 Å².